The van der Waals surface area contributed by atoms with E-state index in [1.807, 2.05) is 0 Å². The van der Waals surface area contributed by atoms with Crippen LogP contribution < -0.4 is 0 Å². The van der Waals surface area contributed by atoms with Crippen molar-refractivity contribution < 1.29 is 9.53 Å². The highest BCUT2D eigenvalue weighted by molar-refractivity contribution is 7.09. The summed E-state index contributed by atoms with van der Waals surface area (Å²) >= 11 is 1.74. The lowest BCUT2D eigenvalue weighted by Gasteiger charge is -2.25. The van der Waals surface area contributed by atoms with E-state index in [-0.39, 0.29) is 0 Å². The minimum absolute atomic E-state index is 0.336. The molecule has 1 aliphatic heterocycles. The van der Waals surface area contributed by atoms with Crippen LogP contribution in [0, 0.1) is 5.92 Å². The van der Waals surface area contributed by atoms with Gasteiger partial charge >= 0.3 is 0 Å². The monoisotopic (exact) mass is 279 g/mol. The third-order valence-corrected chi connectivity index (χ3v) is 4.89. The number of hydrogen-bond donors (Lipinski definition) is 0. The van der Waals surface area contributed by atoms with Gasteiger partial charge in [-0.2, -0.15) is 0 Å². The van der Waals surface area contributed by atoms with Crippen molar-refractivity contribution in [3.05, 3.63) is 22.4 Å². The summed E-state index contributed by atoms with van der Waals surface area (Å²) < 4.78 is 5.42. The van der Waals surface area contributed by atoms with Crippen molar-refractivity contribution in [2.75, 3.05) is 19.8 Å². The molecule has 3 rings (SSSR count). The molecule has 2 aliphatic rings. The van der Waals surface area contributed by atoms with Crippen molar-refractivity contribution in [2.45, 2.75) is 38.1 Å². The van der Waals surface area contributed by atoms with Crippen molar-refractivity contribution in [1.82, 2.24) is 4.90 Å². The molecule has 0 unspecified atom stereocenters. The molecular weight excluding hydrogens is 258 g/mol. The average molecular weight is 279 g/mol. The van der Waals surface area contributed by atoms with Crippen LogP contribution in [0.4, 0.5) is 0 Å². The molecule has 0 bridgehead atoms. The highest BCUT2D eigenvalue weighted by Gasteiger charge is 2.34. The normalized spacial score (nSPS) is 22.6. The molecule has 0 N–H and O–H groups in total. The molecule has 3 nitrogen and oxygen atoms in total. The molecule has 104 valence electrons. The summed E-state index contributed by atoms with van der Waals surface area (Å²) in [7, 11) is 0. The van der Waals surface area contributed by atoms with Gasteiger partial charge < -0.3 is 9.64 Å². The minimum atomic E-state index is 0.336. The summed E-state index contributed by atoms with van der Waals surface area (Å²) in [5.41, 5.74) is 0. The van der Waals surface area contributed by atoms with Gasteiger partial charge in [-0.1, -0.05) is 6.07 Å². The number of hydrogen-bond acceptors (Lipinski definition) is 3. The predicted molar refractivity (Wildman–Crippen MR) is 76.3 cm³/mol. The average Bonchev–Trinajstić information content (AvgIpc) is 2.94. The summed E-state index contributed by atoms with van der Waals surface area (Å²) in [5.74, 6) is 0.897. The van der Waals surface area contributed by atoms with Crippen molar-refractivity contribution in [2.24, 2.45) is 5.92 Å². The van der Waals surface area contributed by atoms with Gasteiger partial charge in [-0.05, 0) is 37.1 Å². The Labute approximate surface area is 118 Å². The second-order valence-electron chi connectivity index (χ2n) is 5.59. The molecule has 0 aromatic carbocycles. The first kappa shape index (κ1) is 13.1. The highest BCUT2D eigenvalue weighted by atomic mass is 32.1. The van der Waals surface area contributed by atoms with Gasteiger partial charge in [0.05, 0.1) is 6.61 Å². The summed E-state index contributed by atoms with van der Waals surface area (Å²) in [5, 5.41) is 2.08. The number of thiophene rings is 1. The minimum Gasteiger partial charge on any atom is -0.381 e. The lowest BCUT2D eigenvalue weighted by atomic mass is 10.1. The van der Waals surface area contributed by atoms with E-state index >= 15 is 0 Å². The molecule has 4 heteroatoms. The fourth-order valence-electron chi connectivity index (χ4n) is 2.67. The largest absolute Gasteiger partial charge is 0.381 e. The molecular formula is C15H21NO2S. The molecule has 19 heavy (non-hydrogen) atoms. The van der Waals surface area contributed by atoms with Gasteiger partial charge in [-0.15, -0.1) is 11.3 Å². The first-order chi connectivity index (χ1) is 9.33. The summed E-state index contributed by atoms with van der Waals surface area (Å²) in [6, 6.07) is 4.69. The van der Waals surface area contributed by atoms with Crippen LogP contribution in [0.1, 0.15) is 30.6 Å². The van der Waals surface area contributed by atoms with Crippen LogP contribution in [0.2, 0.25) is 0 Å². The first-order valence-electron chi connectivity index (χ1n) is 7.22. The second-order valence-corrected chi connectivity index (χ2v) is 6.62. The SMILES string of the molecule is O=C(CCc1cccs1)N(C[C@@H]1CCOC1)C1CC1. The van der Waals surface area contributed by atoms with E-state index in [4.69, 9.17) is 4.74 Å². The fraction of sp³-hybridized carbons (Fsp3) is 0.667. The molecule has 2 fully saturated rings. The van der Waals surface area contributed by atoms with Crippen molar-refractivity contribution in [3.8, 4) is 0 Å². The van der Waals surface area contributed by atoms with E-state index in [1.54, 1.807) is 11.3 Å². The Morgan fingerprint density at radius 3 is 2.95 bits per heavy atom. The van der Waals surface area contributed by atoms with E-state index in [2.05, 4.69) is 22.4 Å². The molecule has 1 atom stereocenters. The lowest BCUT2D eigenvalue weighted by Crippen LogP contribution is -2.37. The van der Waals surface area contributed by atoms with Gasteiger partial charge in [0.1, 0.15) is 0 Å². The zero-order valence-corrected chi connectivity index (χ0v) is 12.0. The Morgan fingerprint density at radius 2 is 2.32 bits per heavy atom. The summed E-state index contributed by atoms with van der Waals surface area (Å²) in [6.07, 6.45) is 5.05. The Kier molecular flexibility index (Phi) is 4.18. The third-order valence-electron chi connectivity index (χ3n) is 3.95. The van der Waals surface area contributed by atoms with Crippen LogP contribution in [0.25, 0.3) is 0 Å². The molecule has 1 aliphatic carbocycles. The first-order valence-corrected chi connectivity index (χ1v) is 8.10. The highest BCUT2D eigenvalue weighted by Crippen LogP contribution is 2.29. The van der Waals surface area contributed by atoms with Crippen LogP contribution >= 0.6 is 11.3 Å². The maximum absolute atomic E-state index is 12.4. The van der Waals surface area contributed by atoms with Crippen molar-refractivity contribution in [1.29, 1.82) is 0 Å². The zero-order chi connectivity index (χ0) is 13.1. The molecule has 1 aromatic rings. The molecule has 0 spiro atoms. The lowest BCUT2D eigenvalue weighted by molar-refractivity contribution is -0.132. The van der Waals surface area contributed by atoms with E-state index < -0.39 is 0 Å². The van der Waals surface area contributed by atoms with Gasteiger partial charge in [0.2, 0.25) is 5.91 Å². The van der Waals surface area contributed by atoms with Gasteiger partial charge in [0.25, 0.3) is 0 Å². The zero-order valence-electron chi connectivity index (χ0n) is 11.2. The van der Waals surface area contributed by atoms with Crippen LogP contribution in [-0.4, -0.2) is 36.6 Å². The standard InChI is InChI=1S/C15H21NO2S/c17-15(6-5-14-2-1-9-19-14)16(13-3-4-13)10-12-7-8-18-11-12/h1-2,9,12-13H,3-8,10-11H2/t12-/m0/s1. The van der Waals surface area contributed by atoms with Gasteiger partial charge in [-0.25, -0.2) is 0 Å². The molecule has 1 amide bonds. The summed E-state index contributed by atoms with van der Waals surface area (Å²) in [6.45, 7) is 2.61. The van der Waals surface area contributed by atoms with Crippen molar-refractivity contribution in [3.63, 3.8) is 0 Å². The number of amides is 1. The van der Waals surface area contributed by atoms with E-state index in [9.17, 15) is 4.79 Å². The van der Waals surface area contributed by atoms with Gasteiger partial charge in [0.15, 0.2) is 0 Å². The second kappa shape index (κ2) is 6.06. The number of ether oxygens (including phenoxy) is 1. The van der Waals surface area contributed by atoms with E-state index in [0.717, 1.165) is 32.6 Å². The quantitative estimate of drug-likeness (QED) is 0.801. The van der Waals surface area contributed by atoms with Crippen LogP contribution in [0.5, 0.6) is 0 Å². The molecule has 0 radical (unpaired) electrons. The molecule has 1 aromatic heterocycles. The Morgan fingerprint density at radius 1 is 1.42 bits per heavy atom. The van der Waals surface area contributed by atoms with E-state index in [1.165, 1.54) is 17.7 Å². The van der Waals surface area contributed by atoms with Gasteiger partial charge in [-0.3, -0.25) is 4.79 Å². The third kappa shape index (κ3) is 3.57. The number of nitrogens with zero attached hydrogens (tertiary/aromatic N) is 1. The van der Waals surface area contributed by atoms with Crippen LogP contribution in [0.3, 0.4) is 0 Å². The van der Waals surface area contributed by atoms with Crippen LogP contribution in [-0.2, 0) is 16.0 Å². The number of carbonyl (C=O) groups excluding carboxylic acids is 1. The predicted octanol–water partition coefficient (Wildman–Crippen LogP) is 2.71. The van der Waals surface area contributed by atoms with Crippen molar-refractivity contribution >= 4 is 17.2 Å². The number of carbonyl (C=O) groups is 1. The summed E-state index contributed by atoms with van der Waals surface area (Å²) in [4.78, 5) is 15.8. The Hall–Kier alpha value is -0.870. The number of rotatable bonds is 6. The Balaban J connectivity index is 1.52. The smallest absolute Gasteiger partial charge is 0.223 e. The topological polar surface area (TPSA) is 29.5 Å². The van der Waals surface area contributed by atoms with Gasteiger partial charge in [0, 0.05) is 36.4 Å². The molecule has 1 saturated heterocycles. The molecule has 1 saturated carbocycles. The number of aryl methyl sites for hydroxylation is 1. The maximum Gasteiger partial charge on any atom is 0.223 e. The Bertz CT molecular complexity index is 408. The van der Waals surface area contributed by atoms with E-state index in [0.29, 0.717) is 24.3 Å². The maximum atomic E-state index is 12.4. The molecule has 2 heterocycles. The fourth-order valence-corrected chi connectivity index (χ4v) is 3.38. The van der Waals surface area contributed by atoms with Crippen LogP contribution in [0.15, 0.2) is 17.5 Å².